The van der Waals surface area contributed by atoms with Crippen LogP contribution in [0.5, 0.6) is 5.75 Å². The summed E-state index contributed by atoms with van der Waals surface area (Å²) in [5.41, 5.74) is 2.17. The first kappa shape index (κ1) is 14.9. The summed E-state index contributed by atoms with van der Waals surface area (Å²) in [6.45, 7) is 1.91. The van der Waals surface area contributed by atoms with Gasteiger partial charge in [-0.15, -0.1) is 0 Å². The van der Waals surface area contributed by atoms with Crippen molar-refractivity contribution in [2.75, 3.05) is 12.4 Å². The van der Waals surface area contributed by atoms with Gasteiger partial charge in [0.25, 0.3) is 5.91 Å². The molecule has 0 bridgehead atoms. The van der Waals surface area contributed by atoms with E-state index in [1.165, 1.54) is 0 Å². The molecule has 0 aliphatic rings. The van der Waals surface area contributed by atoms with Gasteiger partial charge in [0.1, 0.15) is 5.75 Å². The van der Waals surface area contributed by atoms with Crippen molar-refractivity contribution < 1.29 is 9.53 Å². The number of amides is 1. The molecule has 20 heavy (non-hydrogen) atoms. The second-order valence-corrected chi connectivity index (χ2v) is 5.53. The Morgan fingerprint density at radius 1 is 1.25 bits per heavy atom. The number of hydrogen-bond acceptors (Lipinski definition) is 2. The Hall–Kier alpha value is -1.52. The molecule has 2 aromatic rings. The molecular formula is C15H13BrClNO2. The van der Waals surface area contributed by atoms with Crippen molar-refractivity contribution in [3.05, 3.63) is 57.0 Å². The highest BCUT2D eigenvalue weighted by Gasteiger charge is 2.09. The SMILES string of the molecule is COc1ccc(C(=O)Nc2ccc(C)c(Cl)c2)cc1Br. The Bertz CT molecular complexity index is 658. The van der Waals surface area contributed by atoms with Crippen LogP contribution in [0, 0.1) is 6.92 Å². The van der Waals surface area contributed by atoms with E-state index in [-0.39, 0.29) is 5.91 Å². The minimum atomic E-state index is -0.201. The number of halogens is 2. The summed E-state index contributed by atoms with van der Waals surface area (Å²) >= 11 is 9.39. The van der Waals surface area contributed by atoms with E-state index in [4.69, 9.17) is 16.3 Å². The second kappa shape index (κ2) is 6.29. The van der Waals surface area contributed by atoms with Crippen molar-refractivity contribution in [3.63, 3.8) is 0 Å². The standard InChI is InChI=1S/C15H13BrClNO2/c1-9-3-5-11(8-13(9)17)18-15(19)10-4-6-14(20-2)12(16)7-10/h3-8H,1-2H3,(H,18,19). The topological polar surface area (TPSA) is 38.3 Å². The lowest BCUT2D eigenvalue weighted by molar-refractivity contribution is 0.102. The molecule has 0 fully saturated rings. The summed E-state index contributed by atoms with van der Waals surface area (Å²) in [5.74, 6) is 0.480. The van der Waals surface area contributed by atoms with E-state index in [0.29, 0.717) is 22.0 Å². The molecule has 3 nitrogen and oxygen atoms in total. The van der Waals surface area contributed by atoms with E-state index >= 15 is 0 Å². The fourth-order valence-corrected chi connectivity index (χ4v) is 2.40. The highest BCUT2D eigenvalue weighted by Crippen LogP contribution is 2.26. The molecule has 1 amide bonds. The van der Waals surface area contributed by atoms with Crippen LogP contribution >= 0.6 is 27.5 Å². The van der Waals surface area contributed by atoms with Crippen LogP contribution in [0.25, 0.3) is 0 Å². The molecule has 0 unspecified atom stereocenters. The van der Waals surface area contributed by atoms with Crippen LogP contribution in [0.15, 0.2) is 40.9 Å². The fourth-order valence-electron chi connectivity index (χ4n) is 1.68. The van der Waals surface area contributed by atoms with Gasteiger partial charge in [0.05, 0.1) is 11.6 Å². The Kier molecular flexibility index (Phi) is 4.68. The van der Waals surface area contributed by atoms with Crippen LogP contribution in [-0.4, -0.2) is 13.0 Å². The largest absolute Gasteiger partial charge is 0.496 e. The number of methoxy groups -OCH3 is 1. The summed E-state index contributed by atoms with van der Waals surface area (Å²) in [7, 11) is 1.58. The number of carbonyl (C=O) groups is 1. The van der Waals surface area contributed by atoms with E-state index in [1.807, 2.05) is 19.1 Å². The number of anilines is 1. The Morgan fingerprint density at radius 3 is 2.60 bits per heavy atom. The molecule has 0 heterocycles. The third kappa shape index (κ3) is 3.32. The first-order valence-electron chi connectivity index (χ1n) is 5.92. The number of hydrogen-bond donors (Lipinski definition) is 1. The quantitative estimate of drug-likeness (QED) is 0.869. The van der Waals surface area contributed by atoms with E-state index in [0.717, 1.165) is 10.0 Å². The van der Waals surface area contributed by atoms with Crippen LogP contribution in [0.4, 0.5) is 5.69 Å². The summed E-state index contributed by atoms with van der Waals surface area (Å²) in [6, 6.07) is 10.6. The van der Waals surface area contributed by atoms with Crippen LogP contribution in [-0.2, 0) is 0 Å². The number of carbonyl (C=O) groups excluding carboxylic acids is 1. The molecule has 2 aromatic carbocycles. The van der Waals surface area contributed by atoms with Gasteiger partial charge < -0.3 is 10.1 Å². The van der Waals surface area contributed by atoms with Crippen molar-refractivity contribution in [2.24, 2.45) is 0 Å². The molecule has 0 radical (unpaired) electrons. The Morgan fingerprint density at radius 2 is 2.00 bits per heavy atom. The van der Waals surface area contributed by atoms with Crippen molar-refractivity contribution in [2.45, 2.75) is 6.92 Å². The van der Waals surface area contributed by atoms with Crippen LogP contribution in [0.3, 0.4) is 0 Å². The van der Waals surface area contributed by atoms with E-state index < -0.39 is 0 Å². The number of nitrogens with one attached hydrogen (secondary N) is 1. The highest BCUT2D eigenvalue weighted by atomic mass is 79.9. The minimum Gasteiger partial charge on any atom is -0.496 e. The van der Waals surface area contributed by atoms with Gasteiger partial charge in [0.15, 0.2) is 0 Å². The molecule has 104 valence electrons. The molecule has 0 saturated heterocycles. The predicted octanol–water partition coefficient (Wildman–Crippen LogP) is 4.67. The first-order valence-corrected chi connectivity index (χ1v) is 7.09. The van der Waals surface area contributed by atoms with Crippen molar-refractivity contribution in [3.8, 4) is 5.75 Å². The van der Waals surface area contributed by atoms with Crippen molar-refractivity contribution in [1.82, 2.24) is 0 Å². The summed E-state index contributed by atoms with van der Waals surface area (Å²) in [5, 5.41) is 3.43. The van der Waals surface area contributed by atoms with E-state index in [9.17, 15) is 4.79 Å². The van der Waals surface area contributed by atoms with Gasteiger partial charge in [-0.3, -0.25) is 4.79 Å². The lowest BCUT2D eigenvalue weighted by Crippen LogP contribution is -2.12. The predicted molar refractivity (Wildman–Crippen MR) is 84.8 cm³/mol. The summed E-state index contributed by atoms with van der Waals surface area (Å²) < 4.78 is 5.86. The van der Waals surface area contributed by atoms with Gasteiger partial charge in [-0.1, -0.05) is 17.7 Å². The molecular weight excluding hydrogens is 342 g/mol. The molecule has 1 N–H and O–H groups in total. The number of benzene rings is 2. The molecule has 0 aliphatic carbocycles. The number of aryl methyl sites for hydroxylation is 1. The molecule has 2 rings (SSSR count). The van der Waals surface area contributed by atoms with Crippen LogP contribution < -0.4 is 10.1 Å². The molecule has 0 aliphatic heterocycles. The Balaban J connectivity index is 2.19. The van der Waals surface area contributed by atoms with Gasteiger partial charge in [-0.05, 0) is 58.7 Å². The average molecular weight is 355 g/mol. The zero-order valence-corrected chi connectivity index (χ0v) is 13.4. The normalized spacial score (nSPS) is 10.2. The maximum Gasteiger partial charge on any atom is 0.255 e. The van der Waals surface area contributed by atoms with Gasteiger partial charge >= 0.3 is 0 Å². The first-order chi connectivity index (χ1) is 9.51. The van der Waals surface area contributed by atoms with Gasteiger partial charge in [0.2, 0.25) is 0 Å². The Labute approximate surface area is 131 Å². The molecule has 0 atom stereocenters. The molecule has 5 heteroatoms. The van der Waals surface area contributed by atoms with Gasteiger partial charge in [-0.25, -0.2) is 0 Å². The van der Waals surface area contributed by atoms with E-state index in [1.54, 1.807) is 31.4 Å². The third-order valence-electron chi connectivity index (χ3n) is 2.84. The maximum absolute atomic E-state index is 12.1. The monoisotopic (exact) mass is 353 g/mol. The molecule has 0 saturated carbocycles. The van der Waals surface area contributed by atoms with Gasteiger partial charge in [-0.2, -0.15) is 0 Å². The number of rotatable bonds is 3. The number of ether oxygens (including phenoxy) is 1. The third-order valence-corrected chi connectivity index (χ3v) is 3.87. The highest BCUT2D eigenvalue weighted by molar-refractivity contribution is 9.10. The lowest BCUT2D eigenvalue weighted by atomic mass is 10.2. The van der Waals surface area contributed by atoms with Crippen molar-refractivity contribution in [1.29, 1.82) is 0 Å². The second-order valence-electron chi connectivity index (χ2n) is 4.27. The fraction of sp³-hybridized carbons (Fsp3) is 0.133. The molecule has 0 aromatic heterocycles. The lowest BCUT2D eigenvalue weighted by Gasteiger charge is -2.08. The van der Waals surface area contributed by atoms with E-state index in [2.05, 4.69) is 21.2 Å². The summed E-state index contributed by atoms with van der Waals surface area (Å²) in [4.78, 5) is 12.1. The molecule has 0 spiro atoms. The van der Waals surface area contributed by atoms with Crippen LogP contribution in [0.1, 0.15) is 15.9 Å². The zero-order chi connectivity index (χ0) is 14.7. The maximum atomic E-state index is 12.1. The minimum absolute atomic E-state index is 0.201. The van der Waals surface area contributed by atoms with Gasteiger partial charge in [0, 0.05) is 16.3 Å². The van der Waals surface area contributed by atoms with Crippen molar-refractivity contribution >= 4 is 39.1 Å². The van der Waals surface area contributed by atoms with Crippen LogP contribution in [0.2, 0.25) is 5.02 Å². The average Bonchev–Trinajstić information content (AvgIpc) is 2.42. The smallest absolute Gasteiger partial charge is 0.255 e. The summed E-state index contributed by atoms with van der Waals surface area (Å²) in [6.07, 6.45) is 0. The zero-order valence-electron chi connectivity index (χ0n) is 11.0.